The van der Waals surface area contributed by atoms with Gasteiger partial charge in [-0.25, -0.2) is 4.68 Å². The summed E-state index contributed by atoms with van der Waals surface area (Å²) in [4.78, 5) is 4.17. The van der Waals surface area contributed by atoms with Crippen LogP contribution >= 0.6 is 0 Å². The second-order valence-corrected chi connectivity index (χ2v) is 5.33. The molecule has 0 unspecified atom stereocenters. The molecule has 0 amide bonds. The number of aromatic nitrogens is 3. The fourth-order valence-electron chi connectivity index (χ4n) is 1.98. The molecule has 0 aliphatic rings. The first-order valence-electron chi connectivity index (χ1n) is 7.59. The Labute approximate surface area is 126 Å². The lowest BCUT2D eigenvalue weighted by atomic mass is 10.2. The van der Waals surface area contributed by atoms with Gasteiger partial charge in [0.15, 0.2) is 0 Å². The molecule has 1 heterocycles. The lowest BCUT2D eigenvalue weighted by molar-refractivity contribution is 0.281. The van der Waals surface area contributed by atoms with Gasteiger partial charge in [0, 0.05) is 6.04 Å². The van der Waals surface area contributed by atoms with Crippen molar-refractivity contribution in [2.24, 2.45) is 0 Å². The fourth-order valence-corrected chi connectivity index (χ4v) is 1.98. The number of unbranched alkanes of at least 4 members (excludes halogenated alkanes) is 2. The van der Waals surface area contributed by atoms with Gasteiger partial charge < -0.3 is 10.1 Å². The van der Waals surface area contributed by atoms with E-state index in [2.05, 4.69) is 29.2 Å². The van der Waals surface area contributed by atoms with Crippen LogP contribution < -0.4 is 10.1 Å². The number of hydrogen-bond donors (Lipinski definition) is 1. The van der Waals surface area contributed by atoms with Gasteiger partial charge in [-0.15, -0.1) is 5.10 Å². The molecule has 2 aromatic rings. The predicted octanol–water partition coefficient (Wildman–Crippen LogP) is 2.81. The van der Waals surface area contributed by atoms with Crippen LogP contribution in [0, 0.1) is 0 Å². The van der Waals surface area contributed by atoms with Gasteiger partial charge in [0.1, 0.15) is 6.33 Å². The Bertz CT molecular complexity index is 510. The van der Waals surface area contributed by atoms with E-state index in [1.165, 1.54) is 6.42 Å². The topological polar surface area (TPSA) is 52.0 Å². The summed E-state index contributed by atoms with van der Waals surface area (Å²) in [5.41, 5.74) is 0.986. The Morgan fingerprint density at radius 1 is 1.14 bits per heavy atom. The SMILES string of the molecule is CC(C)NCCCCCOc1ncn(-c2ccccc2)n1. The first kappa shape index (κ1) is 15.5. The monoisotopic (exact) mass is 288 g/mol. The van der Waals surface area contributed by atoms with E-state index in [0.717, 1.165) is 25.1 Å². The van der Waals surface area contributed by atoms with Crippen molar-refractivity contribution in [3.8, 4) is 11.7 Å². The minimum absolute atomic E-state index is 0.444. The van der Waals surface area contributed by atoms with Crippen molar-refractivity contribution in [2.45, 2.75) is 39.2 Å². The highest BCUT2D eigenvalue weighted by molar-refractivity contribution is 5.29. The molecule has 0 atom stereocenters. The Morgan fingerprint density at radius 3 is 2.71 bits per heavy atom. The molecule has 0 aliphatic carbocycles. The minimum Gasteiger partial charge on any atom is -0.462 e. The maximum absolute atomic E-state index is 5.57. The fraction of sp³-hybridized carbons (Fsp3) is 0.500. The average Bonchev–Trinajstić information content (AvgIpc) is 2.96. The highest BCUT2D eigenvalue weighted by Gasteiger charge is 2.03. The number of ether oxygens (including phenoxy) is 1. The van der Waals surface area contributed by atoms with E-state index in [0.29, 0.717) is 18.7 Å². The molecule has 1 aromatic carbocycles. The summed E-state index contributed by atoms with van der Waals surface area (Å²) in [7, 11) is 0. The summed E-state index contributed by atoms with van der Waals surface area (Å²) in [6, 6.07) is 10.9. The molecule has 1 N–H and O–H groups in total. The maximum atomic E-state index is 5.57. The zero-order valence-corrected chi connectivity index (χ0v) is 12.8. The molecule has 0 radical (unpaired) electrons. The highest BCUT2D eigenvalue weighted by atomic mass is 16.5. The number of hydrogen-bond acceptors (Lipinski definition) is 4. The van der Waals surface area contributed by atoms with Crippen molar-refractivity contribution < 1.29 is 4.74 Å². The third-order valence-corrected chi connectivity index (χ3v) is 3.10. The molecule has 21 heavy (non-hydrogen) atoms. The molecule has 0 saturated carbocycles. The molecule has 2 rings (SSSR count). The normalized spacial score (nSPS) is 11.0. The molecule has 0 spiro atoms. The minimum atomic E-state index is 0.444. The van der Waals surface area contributed by atoms with E-state index in [4.69, 9.17) is 4.74 Å². The highest BCUT2D eigenvalue weighted by Crippen LogP contribution is 2.08. The van der Waals surface area contributed by atoms with E-state index < -0.39 is 0 Å². The second kappa shape index (κ2) is 8.42. The smallest absolute Gasteiger partial charge is 0.335 e. The van der Waals surface area contributed by atoms with Crippen LogP contribution in [0.5, 0.6) is 6.01 Å². The molecule has 0 saturated heterocycles. The number of para-hydroxylation sites is 1. The quantitative estimate of drug-likeness (QED) is 0.721. The second-order valence-electron chi connectivity index (χ2n) is 5.33. The third-order valence-electron chi connectivity index (χ3n) is 3.10. The standard InChI is InChI=1S/C16H24N4O/c1-14(2)17-11-7-4-8-12-21-16-18-13-20(19-16)15-9-5-3-6-10-15/h3,5-6,9-10,13-14,17H,4,7-8,11-12H2,1-2H3. The first-order valence-corrected chi connectivity index (χ1v) is 7.59. The van der Waals surface area contributed by atoms with E-state index in [1.807, 2.05) is 30.3 Å². The van der Waals surface area contributed by atoms with Crippen molar-refractivity contribution in [3.63, 3.8) is 0 Å². The molecule has 0 bridgehead atoms. The van der Waals surface area contributed by atoms with Crippen LogP contribution in [-0.4, -0.2) is 34.0 Å². The summed E-state index contributed by atoms with van der Waals surface area (Å²) < 4.78 is 7.30. The summed E-state index contributed by atoms with van der Waals surface area (Å²) in [5, 5.41) is 7.72. The summed E-state index contributed by atoms with van der Waals surface area (Å²) in [6.07, 6.45) is 5.03. The summed E-state index contributed by atoms with van der Waals surface area (Å²) in [6.45, 7) is 6.06. The van der Waals surface area contributed by atoms with Crippen LogP contribution in [0.4, 0.5) is 0 Å². The van der Waals surface area contributed by atoms with Crippen LogP contribution in [0.3, 0.4) is 0 Å². The van der Waals surface area contributed by atoms with E-state index in [-0.39, 0.29) is 0 Å². The average molecular weight is 288 g/mol. The van der Waals surface area contributed by atoms with E-state index >= 15 is 0 Å². The molecule has 0 aliphatic heterocycles. The van der Waals surface area contributed by atoms with Crippen LogP contribution in [0.1, 0.15) is 33.1 Å². The molecule has 5 heteroatoms. The zero-order chi connectivity index (χ0) is 14.9. The Morgan fingerprint density at radius 2 is 1.95 bits per heavy atom. The lowest BCUT2D eigenvalue weighted by Crippen LogP contribution is -2.23. The van der Waals surface area contributed by atoms with Crippen LogP contribution in [0.25, 0.3) is 5.69 Å². The number of rotatable bonds is 9. The zero-order valence-electron chi connectivity index (χ0n) is 12.8. The largest absolute Gasteiger partial charge is 0.462 e. The lowest BCUT2D eigenvalue weighted by Gasteiger charge is -2.07. The van der Waals surface area contributed by atoms with Crippen molar-refractivity contribution in [1.82, 2.24) is 20.1 Å². The molecular formula is C16H24N4O. The Balaban J connectivity index is 1.65. The van der Waals surface area contributed by atoms with Gasteiger partial charge in [-0.05, 0) is 37.9 Å². The van der Waals surface area contributed by atoms with Gasteiger partial charge in [0.25, 0.3) is 0 Å². The number of nitrogens with one attached hydrogen (secondary N) is 1. The van der Waals surface area contributed by atoms with Gasteiger partial charge in [-0.3, -0.25) is 0 Å². The summed E-state index contributed by atoms with van der Waals surface area (Å²) >= 11 is 0. The van der Waals surface area contributed by atoms with Crippen molar-refractivity contribution in [1.29, 1.82) is 0 Å². The van der Waals surface area contributed by atoms with Gasteiger partial charge in [-0.2, -0.15) is 4.98 Å². The van der Waals surface area contributed by atoms with Crippen LogP contribution in [0.2, 0.25) is 0 Å². The van der Waals surface area contributed by atoms with Crippen molar-refractivity contribution in [2.75, 3.05) is 13.2 Å². The van der Waals surface area contributed by atoms with E-state index in [9.17, 15) is 0 Å². The van der Waals surface area contributed by atoms with Crippen molar-refractivity contribution >= 4 is 0 Å². The van der Waals surface area contributed by atoms with Gasteiger partial charge in [-0.1, -0.05) is 32.0 Å². The molecular weight excluding hydrogens is 264 g/mol. The number of nitrogens with zero attached hydrogens (tertiary/aromatic N) is 3. The Kier molecular flexibility index (Phi) is 6.22. The first-order chi connectivity index (χ1) is 10.3. The van der Waals surface area contributed by atoms with Gasteiger partial charge in [0.2, 0.25) is 0 Å². The number of benzene rings is 1. The summed E-state index contributed by atoms with van der Waals surface area (Å²) in [5.74, 6) is 0. The molecule has 114 valence electrons. The Hall–Kier alpha value is -1.88. The van der Waals surface area contributed by atoms with Crippen molar-refractivity contribution in [3.05, 3.63) is 36.7 Å². The van der Waals surface area contributed by atoms with E-state index in [1.54, 1.807) is 11.0 Å². The molecule has 0 fully saturated rings. The van der Waals surface area contributed by atoms with Crippen LogP contribution in [-0.2, 0) is 0 Å². The molecule has 5 nitrogen and oxygen atoms in total. The van der Waals surface area contributed by atoms with Gasteiger partial charge >= 0.3 is 6.01 Å². The maximum Gasteiger partial charge on any atom is 0.335 e. The third kappa shape index (κ3) is 5.55. The predicted molar refractivity (Wildman–Crippen MR) is 83.8 cm³/mol. The van der Waals surface area contributed by atoms with Gasteiger partial charge in [0.05, 0.1) is 12.3 Å². The van der Waals surface area contributed by atoms with Crippen LogP contribution in [0.15, 0.2) is 36.7 Å². The molecule has 1 aromatic heterocycles.